The molecule has 4 nitrogen and oxygen atoms in total. The molecule has 0 spiro atoms. The van der Waals surface area contributed by atoms with Crippen molar-refractivity contribution in [3.8, 4) is 0 Å². The van der Waals surface area contributed by atoms with Crippen molar-refractivity contribution in [2.24, 2.45) is 0 Å². The summed E-state index contributed by atoms with van der Waals surface area (Å²) in [4.78, 5) is 4.34. The number of benzene rings is 2. The first kappa shape index (κ1) is 22.5. The maximum Gasteiger partial charge on any atom is 0.182 e. The third kappa shape index (κ3) is 5.09. The van der Waals surface area contributed by atoms with Crippen LogP contribution in [0.4, 0.5) is 0 Å². The van der Waals surface area contributed by atoms with Crippen LogP contribution in [0.3, 0.4) is 0 Å². The SMILES string of the molecule is COC(c1ccncc1)c1cc(Cl)ccc1CS(=O)(=O)c1ccc(C(C)(C)C)cc1. The van der Waals surface area contributed by atoms with Crippen molar-refractivity contribution in [3.63, 3.8) is 0 Å². The fraction of sp³-hybridized carbons (Fsp3) is 0.292. The summed E-state index contributed by atoms with van der Waals surface area (Å²) in [7, 11) is -1.95. The highest BCUT2D eigenvalue weighted by atomic mass is 35.5. The van der Waals surface area contributed by atoms with E-state index in [0.717, 1.165) is 16.7 Å². The van der Waals surface area contributed by atoms with Gasteiger partial charge in [-0.2, -0.15) is 0 Å². The molecule has 3 aromatic rings. The molecule has 3 rings (SSSR count). The van der Waals surface area contributed by atoms with Gasteiger partial charge in [-0.05, 0) is 64.1 Å². The van der Waals surface area contributed by atoms with Gasteiger partial charge in [0, 0.05) is 24.5 Å². The number of ether oxygens (including phenoxy) is 1. The molecule has 0 saturated heterocycles. The summed E-state index contributed by atoms with van der Waals surface area (Å²) >= 11 is 6.24. The van der Waals surface area contributed by atoms with Crippen molar-refractivity contribution >= 4 is 21.4 Å². The predicted molar refractivity (Wildman–Crippen MR) is 121 cm³/mol. The van der Waals surface area contributed by atoms with E-state index in [4.69, 9.17) is 16.3 Å². The predicted octanol–water partition coefficient (Wildman–Crippen LogP) is 5.74. The molecule has 30 heavy (non-hydrogen) atoms. The molecule has 1 aromatic heterocycles. The minimum absolute atomic E-state index is 0.0398. The van der Waals surface area contributed by atoms with Crippen LogP contribution in [0, 0.1) is 0 Å². The van der Waals surface area contributed by atoms with Crippen molar-refractivity contribution in [1.29, 1.82) is 0 Å². The molecule has 6 heteroatoms. The Morgan fingerprint density at radius 1 is 1.00 bits per heavy atom. The van der Waals surface area contributed by atoms with E-state index < -0.39 is 15.9 Å². The maximum atomic E-state index is 13.2. The summed E-state index contributed by atoms with van der Waals surface area (Å²) in [6.45, 7) is 6.29. The smallest absolute Gasteiger partial charge is 0.182 e. The number of halogens is 1. The van der Waals surface area contributed by atoms with Gasteiger partial charge in [0.2, 0.25) is 0 Å². The van der Waals surface area contributed by atoms with Gasteiger partial charge < -0.3 is 4.74 Å². The number of hydrogen-bond donors (Lipinski definition) is 0. The summed E-state index contributed by atoms with van der Waals surface area (Å²) in [6, 6.07) is 16.0. The van der Waals surface area contributed by atoms with E-state index >= 15 is 0 Å². The first-order valence-corrected chi connectivity index (χ1v) is 11.7. The monoisotopic (exact) mass is 443 g/mol. The average molecular weight is 444 g/mol. The molecule has 158 valence electrons. The van der Waals surface area contributed by atoms with Gasteiger partial charge in [-0.3, -0.25) is 4.98 Å². The minimum atomic E-state index is -3.55. The lowest BCUT2D eigenvalue weighted by molar-refractivity contribution is 0.136. The Hall–Kier alpha value is -2.21. The Morgan fingerprint density at radius 2 is 1.63 bits per heavy atom. The van der Waals surface area contributed by atoms with Crippen molar-refractivity contribution in [1.82, 2.24) is 4.98 Å². The van der Waals surface area contributed by atoms with Gasteiger partial charge in [-0.15, -0.1) is 0 Å². The molecule has 1 unspecified atom stereocenters. The lowest BCUT2D eigenvalue weighted by atomic mass is 9.87. The second-order valence-corrected chi connectivity index (χ2v) is 10.7. The fourth-order valence-corrected chi connectivity index (χ4v) is 4.94. The van der Waals surface area contributed by atoms with E-state index in [-0.39, 0.29) is 11.2 Å². The van der Waals surface area contributed by atoms with E-state index in [0.29, 0.717) is 15.5 Å². The molecular formula is C24H26ClNO3S. The van der Waals surface area contributed by atoms with Crippen LogP contribution in [0.5, 0.6) is 0 Å². The average Bonchev–Trinajstić information content (AvgIpc) is 2.71. The fourth-order valence-electron chi connectivity index (χ4n) is 3.37. The van der Waals surface area contributed by atoms with Gasteiger partial charge in [0.15, 0.2) is 9.84 Å². The summed E-state index contributed by atoms with van der Waals surface area (Å²) in [5, 5.41) is 0.525. The Morgan fingerprint density at radius 3 is 2.20 bits per heavy atom. The zero-order chi connectivity index (χ0) is 21.9. The molecule has 0 aliphatic heterocycles. The van der Waals surface area contributed by atoms with Gasteiger partial charge in [0.25, 0.3) is 0 Å². The third-order valence-corrected chi connectivity index (χ3v) is 6.98. The second-order valence-electron chi connectivity index (χ2n) is 8.27. The van der Waals surface area contributed by atoms with Crippen LogP contribution in [0.15, 0.2) is 71.9 Å². The highest BCUT2D eigenvalue weighted by Crippen LogP contribution is 2.32. The molecule has 2 aromatic carbocycles. The van der Waals surface area contributed by atoms with Crippen LogP contribution in [-0.4, -0.2) is 20.5 Å². The molecule has 0 fully saturated rings. The van der Waals surface area contributed by atoms with Crippen LogP contribution >= 0.6 is 11.6 Å². The molecule has 0 amide bonds. The van der Waals surface area contributed by atoms with E-state index in [2.05, 4.69) is 25.8 Å². The summed E-state index contributed by atoms with van der Waals surface area (Å²) in [5.41, 5.74) is 3.31. The number of rotatable bonds is 6. The van der Waals surface area contributed by atoms with E-state index in [1.165, 1.54) is 0 Å². The molecule has 0 aliphatic rings. The molecular weight excluding hydrogens is 418 g/mol. The molecule has 0 saturated carbocycles. The Balaban J connectivity index is 1.98. The number of methoxy groups -OCH3 is 1. The van der Waals surface area contributed by atoms with Gasteiger partial charge in [-0.25, -0.2) is 8.42 Å². The second kappa shape index (κ2) is 8.88. The lowest BCUT2D eigenvalue weighted by Gasteiger charge is -2.21. The molecule has 0 radical (unpaired) electrons. The van der Waals surface area contributed by atoms with Crippen LogP contribution in [0.2, 0.25) is 5.02 Å². The number of hydrogen-bond acceptors (Lipinski definition) is 4. The van der Waals surface area contributed by atoms with Crippen LogP contribution in [0.25, 0.3) is 0 Å². The summed E-state index contributed by atoms with van der Waals surface area (Å²) in [5.74, 6) is -0.140. The summed E-state index contributed by atoms with van der Waals surface area (Å²) in [6.07, 6.45) is 2.92. The first-order chi connectivity index (χ1) is 14.1. The number of aromatic nitrogens is 1. The Bertz CT molecular complexity index is 1110. The molecule has 0 N–H and O–H groups in total. The highest BCUT2D eigenvalue weighted by molar-refractivity contribution is 7.90. The van der Waals surface area contributed by atoms with E-state index in [1.807, 2.05) is 24.3 Å². The molecule has 0 aliphatic carbocycles. The van der Waals surface area contributed by atoms with Crippen LogP contribution < -0.4 is 0 Å². The van der Waals surface area contributed by atoms with E-state index in [9.17, 15) is 8.42 Å². The van der Waals surface area contributed by atoms with Crippen LogP contribution in [0.1, 0.15) is 49.1 Å². The van der Waals surface area contributed by atoms with Crippen molar-refractivity contribution in [3.05, 3.63) is 94.3 Å². The largest absolute Gasteiger partial charge is 0.372 e. The quantitative estimate of drug-likeness (QED) is 0.487. The number of pyridine rings is 1. The maximum absolute atomic E-state index is 13.2. The summed E-state index contributed by atoms with van der Waals surface area (Å²) < 4.78 is 32.0. The van der Waals surface area contributed by atoms with Gasteiger partial charge in [-0.1, -0.05) is 50.6 Å². The first-order valence-electron chi connectivity index (χ1n) is 9.66. The Kier molecular flexibility index (Phi) is 6.65. The standard InChI is InChI=1S/C24H26ClNO3S/c1-24(2,3)19-6-9-21(10-7-19)30(27,28)16-18-5-8-20(25)15-22(18)23(29-4)17-11-13-26-14-12-17/h5-15,23H,16H2,1-4H3. The number of nitrogens with zero attached hydrogens (tertiary/aromatic N) is 1. The number of sulfone groups is 1. The molecule has 1 heterocycles. The van der Waals surface area contributed by atoms with Crippen molar-refractivity contribution in [2.45, 2.75) is 42.9 Å². The molecule has 0 bridgehead atoms. The van der Waals surface area contributed by atoms with Crippen molar-refractivity contribution < 1.29 is 13.2 Å². The zero-order valence-electron chi connectivity index (χ0n) is 17.6. The third-order valence-electron chi connectivity index (χ3n) is 5.06. The highest BCUT2D eigenvalue weighted by Gasteiger charge is 2.23. The van der Waals surface area contributed by atoms with Crippen LogP contribution in [-0.2, 0) is 25.7 Å². The minimum Gasteiger partial charge on any atom is -0.372 e. The van der Waals surface area contributed by atoms with Crippen molar-refractivity contribution in [2.75, 3.05) is 7.11 Å². The normalized spacial score (nSPS) is 13.2. The van der Waals surface area contributed by atoms with Gasteiger partial charge >= 0.3 is 0 Å². The lowest BCUT2D eigenvalue weighted by Crippen LogP contribution is -2.13. The van der Waals surface area contributed by atoms with Gasteiger partial charge in [0.1, 0.15) is 6.10 Å². The molecule has 1 atom stereocenters. The van der Waals surface area contributed by atoms with E-state index in [1.54, 1.807) is 49.8 Å². The Labute approximate surface area is 183 Å². The van der Waals surface area contributed by atoms with Gasteiger partial charge in [0.05, 0.1) is 10.6 Å². The topological polar surface area (TPSA) is 56.3 Å². The zero-order valence-corrected chi connectivity index (χ0v) is 19.2.